The van der Waals surface area contributed by atoms with Gasteiger partial charge in [-0.2, -0.15) is 0 Å². The van der Waals surface area contributed by atoms with Gasteiger partial charge in [-0.25, -0.2) is 0 Å². The maximum absolute atomic E-state index is 6.44. The second-order valence-electron chi connectivity index (χ2n) is 5.81. The molecule has 2 rings (SSSR count). The van der Waals surface area contributed by atoms with Crippen LogP contribution < -0.4 is 10.1 Å². The Morgan fingerprint density at radius 2 is 1.89 bits per heavy atom. The number of fused-ring (bicyclic) bond motifs is 1. The minimum atomic E-state index is -0.000144. The molecule has 1 heterocycles. The molecule has 19 heavy (non-hydrogen) atoms. The van der Waals surface area contributed by atoms with Crippen molar-refractivity contribution in [2.45, 2.75) is 65.5 Å². The van der Waals surface area contributed by atoms with Crippen LogP contribution in [0.15, 0.2) is 12.1 Å². The highest BCUT2D eigenvalue weighted by Crippen LogP contribution is 2.44. The maximum atomic E-state index is 6.44. The SMILES string of the molecule is CCNC1CC(CC)(CC)Oc2c(C)cc(C)cc21. The molecule has 1 aliphatic rings. The van der Waals surface area contributed by atoms with Gasteiger partial charge in [-0.15, -0.1) is 0 Å². The van der Waals surface area contributed by atoms with Gasteiger partial charge in [0.05, 0.1) is 0 Å². The van der Waals surface area contributed by atoms with E-state index in [1.807, 2.05) is 0 Å². The predicted molar refractivity (Wildman–Crippen MR) is 80.9 cm³/mol. The molecule has 0 aliphatic carbocycles. The van der Waals surface area contributed by atoms with Crippen molar-refractivity contribution in [1.29, 1.82) is 0 Å². The molecule has 0 spiro atoms. The van der Waals surface area contributed by atoms with Gasteiger partial charge in [-0.05, 0) is 38.8 Å². The molecule has 0 fully saturated rings. The summed E-state index contributed by atoms with van der Waals surface area (Å²) in [6.07, 6.45) is 3.21. The Kier molecular flexibility index (Phi) is 4.19. The van der Waals surface area contributed by atoms with Crippen LogP contribution >= 0.6 is 0 Å². The van der Waals surface area contributed by atoms with E-state index < -0.39 is 0 Å². The van der Waals surface area contributed by atoms with Gasteiger partial charge in [0, 0.05) is 18.0 Å². The van der Waals surface area contributed by atoms with E-state index in [-0.39, 0.29) is 5.60 Å². The molecule has 1 aromatic rings. The highest BCUT2D eigenvalue weighted by molar-refractivity contribution is 5.47. The smallest absolute Gasteiger partial charge is 0.127 e. The largest absolute Gasteiger partial charge is 0.487 e. The zero-order chi connectivity index (χ0) is 14.0. The summed E-state index contributed by atoms with van der Waals surface area (Å²) in [5, 5.41) is 3.64. The molecular weight excluding hydrogens is 234 g/mol. The van der Waals surface area contributed by atoms with Gasteiger partial charge >= 0.3 is 0 Å². The van der Waals surface area contributed by atoms with E-state index in [1.165, 1.54) is 16.7 Å². The Labute approximate surface area is 117 Å². The molecule has 2 heteroatoms. The van der Waals surface area contributed by atoms with Crippen LogP contribution in [0.25, 0.3) is 0 Å². The van der Waals surface area contributed by atoms with E-state index in [4.69, 9.17) is 4.74 Å². The predicted octanol–water partition coefficient (Wildman–Crippen LogP) is 4.30. The molecule has 2 nitrogen and oxygen atoms in total. The number of ether oxygens (including phenoxy) is 1. The van der Waals surface area contributed by atoms with Crippen LogP contribution in [0.3, 0.4) is 0 Å². The monoisotopic (exact) mass is 261 g/mol. The lowest BCUT2D eigenvalue weighted by Gasteiger charge is -2.42. The van der Waals surface area contributed by atoms with Crippen LogP contribution in [0.5, 0.6) is 5.75 Å². The quantitative estimate of drug-likeness (QED) is 0.872. The van der Waals surface area contributed by atoms with Crippen LogP contribution in [0, 0.1) is 13.8 Å². The van der Waals surface area contributed by atoms with Gasteiger partial charge in [0.1, 0.15) is 11.4 Å². The summed E-state index contributed by atoms with van der Waals surface area (Å²) < 4.78 is 6.44. The Balaban J connectivity index is 2.49. The molecule has 0 bridgehead atoms. The van der Waals surface area contributed by atoms with E-state index in [2.05, 4.69) is 52.1 Å². The third-order valence-corrected chi connectivity index (χ3v) is 4.46. The Morgan fingerprint density at radius 1 is 1.21 bits per heavy atom. The summed E-state index contributed by atoms with van der Waals surface area (Å²) in [4.78, 5) is 0. The number of rotatable bonds is 4. The van der Waals surface area contributed by atoms with Gasteiger partial charge in [0.15, 0.2) is 0 Å². The minimum Gasteiger partial charge on any atom is -0.487 e. The van der Waals surface area contributed by atoms with Crippen LogP contribution in [-0.2, 0) is 0 Å². The molecule has 1 unspecified atom stereocenters. The number of hydrogen-bond donors (Lipinski definition) is 1. The maximum Gasteiger partial charge on any atom is 0.127 e. The summed E-state index contributed by atoms with van der Waals surface area (Å²) in [7, 11) is 0. The average Bonchev–Trinajstić information content (AvgIpc) is 2.40. The van der Waals surface area contributed by atoms with Crippen molar-refractivity contribution >= 4 is 0 Å². The average molecular weight is 261 g/mol. The van der Waals surface area contributed by atoms with E-state index in [9.17, 15) is 0 Å². The first-order chi connectivity index (χ1) is 9.05. The summed E-state index contributed by atoms with van der Waals surface area (Å²) in [6.45, 7) is 12.0. The van der Waals surface area contributed by atoms with Gasteiger partial charge < -0.3 is 10.1 Å². The summed E-state index contributed by atoms with van der Waals surface area (Å²) in [5.74, 6) is 1.12. The van der Waals surface area contributed by atoms with Crippen molar-refractivity contribution in [2.24, 2.45) is 0 Å². The molecule has 0 amide bonds. The van der Waals surface area contributed by atoms with Gasteiger partial charge in [0.25, 0.3) is 0 Å². The summed E-state index contributed by atoms with van der Waals surface area (Å²) in [6, 6.07) is 4.93. The molecule has 0 aromatic heterocycles. The zero-order valence-electron chi connectivity index (χ0n) is 13.0. The van der Waals surface area contributed by atoms with E-state index >= 15 is 0 Å². The van der Waals surface area contributed by atoms with Crippen LogP contribution in [0.1, 0.15) is 62.8 Å². The number of aryl methyl sites for hydroxylation is 2. The fourth-order valence-electron chi connectivity index (χ4n) is 3.24. The standard InChI is InChI=1S/C17H27NO/c1-6-17(7-2)11-15(18-8-3)14-10-12(4)9-13(5)16(14)19-17/h9-10,15,18H,6-8,11H2,1-5H3. The van der Waals surface area contributed by atoms with E-state index in [0.29, 0.717) is 6.04 Å². The molecule has 1 aromatic carbocycles. The van der Waals surface area contributed by atoms with Gasteiger partial charge in [-0.3, -0.25) is 0 Å². The topological polar surface area (TPSA) is 21.3 Å². The number of hydrogen-bond acceptors (Lipinski definition) is 2. The number of benzene rings is 1. The van der Waals surface area contributed by atoms with Crippen molar-refractivity contribution in [3.8, 4) is 5.75 Å². The van der Waals surface area contributed by atoms with Crippen LogP contribution in [-0.4, -0.2) is 12.1 Å². The fourth-order valence-corrected chi connectivity index (χ4v) is 3.24. The first kappa shape index (κ1) is 14.4. The third-order valence-electron chi connectivity index (χ3n) is 4.46. The van der Waals surface area contributed by atoms with Crippen molar-refractivity contribution < 1.29 is 4.74 Å². The normalized spacial score (nSPS) is 20.8. The molecular formula is C17H27NO. The first-order valence-electron chi connectivity index (χ1n) is 7.58. The molecule has 1 atom stereocenters. The molecule has 0 saturated heterocycles. The van der Waals surface area contributed by atoms with Crippen LogP contribution in [0.4, 0.5) is 0 Å². The Bertz CT molecular complexity index is 449. The molecule has 0 radical (unpaired) electrons. The minimum absolute atomic E-state index is 0.000144. The second kappa shape index (κ2) is 5.54. The molecule has 1 N–H and O–H groups in total. The lowest BCUT2D eigenvalue weighted by Crippen LogP contribution is -2.43. The van der Waals surface area contributed by atoms with Crippen molar-refractivity contribution in [3.05, 3.63) is 28.8 Å². The van der Waals surface area contributed by atoms with E-state index in [0.717, 1.165) is 31.6 Å². The number of nitrogens with one attached hydrogen (secondary N) is 1. The van der Waals surface area contributed by atoms with Crippen molar-refractivity contribution in [2.75, 3.05) is 6.54 Å². The first-order valence-corrected chi connectivity index (χ1v) is 7.58. The summed E-state index contributed by atoms with van der Waals surface area (Å²) in [5.41, 5.74) is 3.93. The van der Waals surface area contributed by atoms with Crippen LogP contribution in [0.2, 0.25) is 0 Å². The lowest BCUT2D eigenvalue weighted by atomic mass is 9.82. The Morgan fingerprint density at radius 3 is 2.47 bits per heavy atom. The lowest BCUT2D eigenvalue weighted by molar-refractivity contribution is 0.0223. The fraction of sp³-hybridized carbons (Fsp3) is 0.647. The van der Waals surface area contributed by atoms with Crippen molar-refractivity contribution in [3.63, 3.8) is 0 Å². The van der Waals surface area contributed by atoms with E-state index in [1.54, 1.807) is 0 Å². The highest BCUT2D eigenvalue weighted by atomic mass is 16.5. The van der Waals surface area contributed by atoms with Gasteiger partial charge in [0.2, 0.25) is 0 Å². The zero-order valence-corrected chi connectivity index (χ0v) is 13.0. The molecule has 0 saturated carbocycles. The third kappa shape index (κ3) is 2.64. The Hall–Kier alpha value is -1.02. The second-order valence-corrected chi connectivity index (χ2v) is 5.81. The molecule has 106 valence electrons. The summed E-state index contributed by atoms with van der Waals surface area (Å²) >= 11 is 0. The van der Waals surface area contributed by atoms with Gasteiger partial charge in [-0.1, -0.05) is 38.5 Å². The highest BCUT2D eigenvalue weighted by Gasteiger charge is 2.38. The molecule has 1 aliphatic heterocycles. The van der Waals surface area contributed by atoms with Crippen molar-refractivity contribution in [1.82, 2.24) is 5.32 Å².